The number of hydrogen-bond acceptors (Lipinski definition) is 13. The van der Waals surface area contributed by atoms with Crippen LogP contribution >= 0.6 is 0 Å². The molecule has 0 aliphatic carbocycles. The van der Waals surface area contributed by atoms with Gasteiger partial charge in [0.1, 0.15) is 42.8 Å². The van der Waals surface area contributed by atoms with E-state index >= 15 is 4.39 Å². The van der Waals surface area contributed by atoms with Crippen LogP contribution in [0.25, 0.3) is 11.3 Å². The van der Waals surface area contributed by atoms with Gasteiger partial charge in [0, 0.05) is 88.3 Å². The molecule has 22 nitrogen and oxygen atoms in total. The number of benzene rings is 3. The Morgan fingerprint density at radius 3 is 2.14 bits per heavy atom. The van der Waals surface area contributed by atoms with Gasteiger partial charge in [-0.05, 0) is 91.3 Å². The number of aromatic nitrogens is 2. The number of imide groups is 1. The summed E-state index contributed by atoms with van der Waals surface area (Å²) in [7, 11) is 1.43. The first kappa shape index (κ1) is 68.2. The van der Waals surface area contributed by atoms with Crippen molar-refractivity contribution in [3.63, 3.8) is 0 Å². The second kappa shape index (κ2) is 33.2. The lowest BCUT2D eigenvalue weighted by Crippen LogP contribution is -2.54. The highest BCUT2D eigenvalue weighted by Gasteiger charge is 2.39. The molecule has 0 spiro atoms. The molecule has 4 aromatic rings. The zero-order valence-electron chi connectivity index (χ0n) is 49.6. The van der Waals surface area contributed by atoms with Crippen LogP contribution in [-0.2, 0) is 56.2 Å². The maximum absolute atomic E-state index is 15.2. The van der Waals surface area contributed by atoms with E-state index in [9.17, 15) is 51.9 Å². The molecular formula is C61H80F3N11O11. The van der Waals surface area contributed by atoms with Crippen molar-refractivity contribution >= 4 is 59.2 Å². The number of unbranched alkanes of at least 4 members (excludes halogenated alkanes) is 2. The number of anilines is 1. The van der Waals surface area contributed by atoms with Gasteiger partial charge >= 0.3 is 18.1 Å². The Morgan fingerprint density at radius 1 is 0.791 bits per heavy atom. The van der Waals surface area contributed by atoms with Gasteiger partial charge in [0.15, 0.2) is 6.61 Å². The minimum atomic E-state index is -1.10. The van der Waals surface area contributed by atoms with Gasteiger partial charge in [-0.3, -0.25) is 38.5 Å². The molecule has 0 saturated carbocycles. The predicted octanol–water partition coefficient (Wildman–Crippen LogP) is 6.57. The van der Waals surface area contributed by atoms with Crippen LogP contribution in [0.3, 0.4) is 0 Å². The van der Waals surface area contributed by atoms with E-state index in [1.807, 2.05) is 51.1 Å². The lowest BCUT2D eigenvalue weighted by Gasteiger charge is -2.40. The lowest BCUT2D eigenvalue weighted by atomic mass is 9.84. The number of carbonyl (C=O) groups is 9. The fourth-order valence-electron chi connectivity index (χ4n) is 9.38. The smallest absolute Gasteiger partial charge is 0.410 e. The first-order valence-electron chi connectivity index (χ1n) is 28.6. The van der Waals surface area contributed by atoms with E-state index in [1.165, 1.54) is 29.0 Å². The molecule has 3 aromatic carbocycles. The minimum Gasteiger partial charge on any atom is -0.461 e. The van der Waals surface area contributed by atoms with Crippen LogP contribution < -0.4 is 32.7 Å². The maximum atomic E-state index is 15.2. The number of alkyl halides is 1. The predicted molar refractivity (Wildman–Crippen MR) is 314 cm³/mol. The lowest BCUT2D eigenvalue weighted by molar-refractivity contribution is -0.145. The number of urea groups is 1. The first-order chi connectivity index (χ1) is 40.8. The number of rotatable bonds is 33. The highest BCUT2D eigenvalue weighted by molar-refractivity contribution is 6.12. The molecule has 1 aromatic heterocycles. The van der Waals surface area contributed by atoms with Crippen LogP contribution in [0.4, 0.5) is 28.4 Å². The summed E-state index contributed by atoms with van der Waals surface area (Å²) < 4.78 is 56.2. The maximum Gasteiger partial charge on any atom is 0.410 e. The third-order valence-corrected chi connectivity index (χ3v) is 14.0. The molecule has 0 radical (unpaired) electrons. The summed E-state index contributed by atoms with van der Waals surface area (Å²) >= 11 is 0. The topological polar surface area (TPSA) is 300 Å². The average Bonchev–Trinajstić information content (AvgIpc) is 1.76. The van der Waals surface area contributed by atoms with Crippen molar-refractivity contribution in [3.8, 4) is 11.3 Å². The highest BCUT2D eigenvalue weighted by atomic mass is 19.1. The summed E-state index contributed by atoms with van der Waals surface area (Å²) in [6, 6.07) is 14.1. The third-order valence-electron chi connectivity index (χ3n) is 14.0. The van der Waals surface area contributed by atoms with E-state index in [2.05, 4.69) is 21.3 Å². The largest absolute Gasteiger partial charge is 0.461 e. The molecule has 86 heavy (non-hydrogen) atoms. The molecule has 9 amide bonds. The van der Waals surface area contributed by atoms with Crippen molar-refractivity contribution in [2.75, 3.05) is 51.8 Å². The Kier molecular flexibility index (Phi) is 26.3. The molecule has 4 atom stereocenters. The Bertz CT molecular complexity index is 2990. The van der Waals surface area contributed by atoms with Gasteiger partial charge in [0.05, 0.1) is 11.7 Å². The molecular weight excluding hydrogens is 1120 g/mol. The van der Waals surface area contributed by atoms with Gasteiger partial charge in [0.25, 0.3) is 17.7 Å². The molecule has 466 valence electrons. The Labute approximate surface area is 498 Å². The normalized spacial score (nSPS) is 13.6. The van der Waals surface area contributed by atoms with Crippen LogP contribution in [0.15, 0.2) is 91.1 Å². The number of halogens is 3. The second-order valence-electron chi connectivity index (χ2n) is 22.5. The van der Waals surface area contributed by atoms with Crippen molar-refractivity contribution in [2.24, 2.45) is 22.8 Å². The van der Waals surface area contributed by atoms with E-state index in [0.717, 1.165) is 28.7 Å². The molecule has 0 bridgehead atoms. The second-order valence-corrected chi connectivity index (χ2v) is 22.5. The Morgan fingerprint density at radius 2 is 1.49 bits per heavy atom. The first-order valence-corrected chi connectivity index (χ1v) is 28.6. The monoisotopic (exact) mass is 1200 g/mol. The number of hydrogen-bond donors (Lipinski definition) is 6. The number of nitrogens with zero attached hydrogens (tertiary/aromatic N) is 5. The number of nitrogens with one attached hydrogen (secondary N) is 4. The van der Waals surface area contributed by atoms with Crippen LogP contribution in [0.2, 0.25) is 0 Å². The van der Waals surface area contributed by atoms with E-state index in [4.69, 9.17) is 25.9 Å². The van der Waals surface area contributed by atoms with Crippen LogP contribution in [-0.4, -0.2) is 142 Å². The number of primary amides is 1. The van der Waals surface area contributed by atoms with E-state index in [0.29, 0.717) is 36.3 Å². The summed E-state index contributed by atoms with van der Waals surface area (Å²) in [5.41, 5.74) is 12.2. The minimum absolute atomic E-state index is 0.0306. The van der Waals surface area contributed by atoms with Crippen molar-refractivity contribution in [1.29, 1.82) is 0 Å². The van der Waals surface area contributed by atoms with E-state index in [-0.39, 0.29) is 107 Å². The molecule has 8 N–H and O–H groups in total. The van der Waals surface area contributed by atoms with Crippen molar-refractivity contribution in [3.05, 3.63) is 120 Å². The van der Waals surface area contributed by atoms with Gasteiger partial charge in [-0.2, -0.15) is 0 Å². The molecule has 0 unspecified atom stereocenters. The number of nitrogens with two attached hydrogens (primary N) is 2. The highest BCUT2D eigenvalue weighted by Crippen LogP contribution is 2.40. The molecule has 1 aliphatic heterocycles. The number of amides is 9. The fraction of sp³-hybridized carbons (Fsp3) is 0.475. The SMILES string of the molecule is CC(C)[C@H](NC(=O)CCCCCN1C(=O)C=CC1=O)C(=O)N[C@@H](CCCNC(N)=O)C(=O)Nc1ccc(COC(=O)CCCN(C)C(=O)OCC(=O)N(CC[C@H](N)CF)[C@@H](c2nc(-c3cc(F)ccc3F)cn2Cc2ccccc2)C(C)(C)C)cc1. The number of ether oxygens (including phenoxy) is 2. The van der Waals surface area contributed by atoms with Gasteiger partial charge in [-0.15, -0.1) is 0 Å². The summed E-state index contributed by atoms with van der Waals surface area (Å²) in [6.07, 6.45) is 5.18. The number of carbonyl (C=O) groups excluding carboxylic acids is 9. The van der Waals surface area contributed by atoms with Gasteiger partial charge in [0.2, 0.25) is 17.7 Å². The molecule has 2 heterocycles. The van der Waals surface area contributed by atoms with Crippen molar-refractivity contribution < 1.29 is 65.8 Å². The van der Waals surface area contributed by atoms with Crippen LogP contribution in [0.5, 0.6) is 0 Å². The molecule has 0 fully saturated rings. The zero-order valence-corrected chi connectivity index (χ0v) is 49.6. The fourth-order valence-corrected chi connectivity index (χ4v) is 9.38. The van der Waals surface area contributed by atoms with Crippen LogP contribution in [0.1, 0.15) is 115 Å². The summed E-state index contributed by atoms with van der Waals surface area (Å²) in [6.45, 7) is 7.88. The average molecular weight is 1200 g/mol. The summed E-state index contributed by atoms with van der Waals surface area (Å²) in [5.74, 6) is -5.00. The van der Waals surface area contributed by atoms with E-state index < -0.39 is 96.2 Å². The summed E-state index contributed by atoms with van der Waals surface area (Å²) in [5, 5.41) is 10.7. The molecule has 5 rings (SSSR count). The van der Waals surface area contributed by atoms with Crippen molar-refractivity contribution in [1.82, 2.24) is 40.2 Å². The summed E-state index contributed by atoms with van der Waals surface area (Å²) in [4.78, 5) is 124. The zero-order chi connectivity index (χ0) is 63.1. The Balaban J connectivity index is 1.12. The molecule has 0 saturated heterocycles. The van der Waals surface area contributed by atoms with Gasteiger partial charge < -0.3 is 56.6 Å². The number of imidazole rings is 1. The van der Waals surface area contributed by atoms with Gasteiger partial charge in [-0.25, -0.2) is 27.7 Å². The molecule has 1 aliphatic rings. The van der Waals surface area contributed by atoms with Crippen molar-refractivity contribution in [2.45, 2.75) is 130 Å². The third kappa shape index (κ3) is 21.5. The number of esters is 1. The van der Waals surface area contributed by atoms with E-state index in [1.54, 1.807) is 48.9 Å². The molecule has 25 heteroatoms. The quantitative estimate of drug-likeness (QED) is 0.0167. The van der Waals surface area contributed by atoms with Gasteiger partial charge in [-0.1, -0.05) is 83.5 Å². The van der Waals surface area contributed by atoms with Crippen LogP contribution in [0, 0.1) is 23.0 Å². The standard InChI is InChI=1S/C61H80F3N11O11/c1-39(2)54(71-49(76)18-11-8-12-31-74-50(77)26-27-51(74)78)58(82)70-47(17-13-29-67-59(66)83)57(81)68-44-23-20-41(21-24-44)37-85-53(80)19-14-30-72(6)60(84)86-38-52(79)75(32-28-43(65)34-62)55(61(3,4)5)56-69-48(45-33-42(63)22-25-46(45)64)36-73(56)35-40-15-9-7-10-16-40/h7,9-10,15-16,20-27,33,36,39,43,47,54-55H,8,11-14,17-19,28-32,34-35,37-38,65H2,1-6H3,(H,68,81)(H,70,82)(H,71,76)(H3,66,67,83)/t43-,47-,54-,55-/m0/s1. The Hall–Kier alpha value is -8.61.